The molecule has 1 heterocycles. The van der Waals surface area contributed by atoms with Crippen LogP contribution in [0.4, 0.5) is 13.2 Å². The molecule has 1 aromatic carbocycles. The molecule has 1 aliphatic rings. The highest BCUT2D eigenvalue weighted by Gasteiger charge is 2.45. The van der Waals surface area contributed by atoms with Crippen LogP contribution in [0.15, 0.2) is 24.3 Å². The summed E-state index contributed by atoms with van der Waals surface area (Å²) in [6.07, 6.45) is -4.38. The summed E-state index contributed by atoms with van der Waals surface area (Å²) < 4.78 is 37.1. The van der Waals surface area contributed by atoms with Gasteiger partial charge in [-0.15, -0.1) is 0 Å². The van der Waals surface area contributed by atoms with Crippen molar-refractivity contribution >= 4 is 21.8 Å². The summed E-state index contributed by atoms with van der Waals surface area (Å²) in [7, 11) is 0. The van der Waals surface area contributed by atoms with Crippen molar-refractivity contribution in [3.63, 3.8) is 0 Å². The molecule has 17 heavy (non-hydrogen) atoms. The molecular weight excluding hydrogens is 299 g/mol. The van der Waals surface area contributed by atoms with E-state index in [4.69, 9.17) is 0 Å². The van der Waals surface area contributed by atoms with Crippen molar-refractivity contribution in [2.45, 2.75) is 17.5 Å². The predicted octanol–water partition coefficient (Wildman–Crippen LogP) is 3.03. The van der Waals surface area contributed by atoms with Gasteiger partial charge in [-0.3, -0.25) is 4.79 Å². The molecule has 92 valence electrons. The second kappa shape index (κ2) is 4.33. The maximum Gasteiger partial charge on any atom is 0.471 e. The maximum absolute atomic E-state index is 12.4. The number of carbonyl (C=O) groups is 1. The number of fused-ring (bicyclic) bond motifs is 1. The van der Waals surface area contributed by atoms with Crippen molar-refractivity contribution in [3.8, 4) is 0 Å². The highest BCUT2D eigenvalue weighted by Crippen LogP contribution is 2.36. The first-order valence-corrected chi connectivity index (χ1v) is 5.92. The molecule has 0 bridgehead atoms. The van der Waals surface area contributed by atoms with Gasteiger partial charge in [0.25, 0.3) is 0 Å². The Balaban J connectivity index is 2.29. The molecule has 0 fully saturated rings. The van der Waals surface area contributed by atoms with E-state index < -0.39 is 17.0 Å². The Bertz CT molecular complexity index is 447. The number of hydrogen-bond acceptors (Lipinski definition) is 1. The van der Waals surface area contributed by atoms with Gasteiger partial charge in [0.15, 0.2) is 0 Å². The molecule has 0 saturated heterocycles. The topological polar surface area (TPSA) is 20.3 Å². The first-order chi connectivity index (χ1) is 7.91. The van der Waals surface area contributed by atoms with Crippen LogP contribution >= 0.6 is 15.9 Å². The van der Waals surface area contributed by atoms with Gasteiger partial charge in [0, 0.05) is 6.54 Å². The SMILES string of the molecule is O=C(N1CCc2ccccc2C1Br)C(F)(F)F. The number of alkyl halides is 4. The Morgan fingerprint density at radius 2 is 2.00 bits per heavy atom. The average Bonchev–Trinajstić information content (AvgIpc) is 2.28. The van der Waals surface area contributed by atoms with Crippen molar-refractivity contribution in [2.24, 2.45) is 0 Å². The molecule has 1 aromatic rings. The normalized spacial score (nSPS) is 20.0. The standard InChI is InChI=1S/C11H9BrF3NO/c12-9-8-4-2-1-3-7(8)5-6-16(9)10(17)11(13,14)15/h1-4,9H,5-6H2. The van der Waals surface area contributed by atoms with Crippen molar-refractivity contribution in [2.75, 3.05) is 6.54 Å². The Labute approximate surface area is 105 Å². The number of carbonyl (C=O) groups excluding carboxylic acids is 1. The van der Waals surface area contributed by atoms with E-state index in [9.17, 15) is 18.0 Å². The summed E-state index contributed by atoms with van der Waals surface area (Å²) in [5.41, 5.74) is 1.69. The van der Waals surface area contributed by atoms with Crippen LogP contribution in [0.3, 0.4) is 0 Å². The second-order valence-corrected chi connectivity index (χ2v) is 4.65. The number of hydrogen-bond donors (Lipinski definition) is 0. The summed E-state index contributed by atoms with van der Waals surface area (Å²) in [5.74, 6) is -1.80. The minimum absolute atomic E-state index is 0.0747. The third-order valence-electron chi connectivity index (χ3n) is 2.71. The molecular formula is C11H9BrF3NO. The monoisotopic (exact) mass is 307 g/mol. The third-order valence-corrected chi connectivity index (χ3v) is 3.70. The Hall–Kier alpha value is -1.04. The van der Waals surface area contributed by atoms with Gasteiger partial charge in [0.1, 0.15) is 4.95 Å². The molecule has 1 aliphatic heterocycles. The molecule has 0 aliphatic carbocycles. The summed E-state index contributed by atoms with van der Waals surface area (Å²) in [4.78, 5) is 11.3. The minimum Gasteiger partial charge on any atom is -0.318 e. The summed E-state index contributed by atoms with van der Waals surface area (Å²) in [6.45, 7) is 0.0747. The lowest BCUT2D eigenvalue weighted by atomic mass is 10.00. The highest BCUT2D eigenvalue weighted by atomic mass is 79.9. The van der Waals surface area contributed by atoms with E-state index in [1.54, 1.807) is 12.1 Å². The van der Waals surface area contributed by atoms with E-state index in [1.165, 1.54) is 0 Å². The van der Waals surface area contributed by atoms with Gasteiger partial charge in [-0.2, -0.15) is 13.2 Å². The van der Waals surface area contributed by atoms with Gasteiger partial charge >= 0.3 is 12.1 Å². The molecule has 1 unspecified atom stereocenters. The largest absolute Gasteiger partial charge is 0.471 e. The highest BCUT2D eigenvalue weighted by molar-refractivity contribution is 9.09. The molecule has 1 atom stereocenters. The van der Waals surface area contributed by atoms with E-state index in [0.29, 0.717) is 6.42 Å². The van der Waals surface area contributed by atoms with Crippen LogP contribution in [0.25, 0.3) is 0 Å². The molecule has 0 saturated carbocycles. The van der Waals surface area contributed by atoms with Crippen molar-refractivity contribution in [1.29, 1.82) is 0 Å². The van der Waals surface area contributed by atoms with Gasteiger partial charge < -0.3 is 4.90 Å². The average molecular weight is 308 g/mol. The lowest BCUT2D eigenvalue weighted by Crippen LogP contribution is -2.44. The third kappa shape index (κ3) is 2.31. The van der Waals surface area contributed by atoms with E-state index in [-0.39, 0.29) is 6.54 Å². The van der Waals surface area contributed by atoms with E-state index in [2.05, 4.69) is 15.9 Å². The van der Waals surface area contributed by atoms with Crippen LogP contribution in [0.2, 0.25) is 0 Å². The molecule has 0 N–H and O–H groups in total. The van der Waals surface area contributed by atoms with Gasteiger partial charge in [-0.1, -0.05) is 40.2 Å². The summed E-state index contributed by atoms with van der Waals surface area (Å²) >= 11 is 3.15. The molecule has 1 amide bonds. The number of benzene rings is 1. The van der Waals surface area contributed by atoms with Gasteiger partial charge in [0.2, 0.25) is 0 Å². The Kier molecular flexibility index (Phi) is 3.16. The lowest BCUT2D eigenvalue weighted by Gasteiger charge is -2.34. The van der Waals surface area contributed by atoms with E-state index >= 15 is 0 Å². The van der Waals surface area contributed by atoms with Crippen LogP contribution in [0.1, 0.15) is 16.1 Å². The Morgan fingerprint density at radius 3 is 2.65 bits per heavy atom. The van der Waals surface area contributed by atoms with Crippen LogP contribution in [0.5, 0.6) is 0 Å². The van der Waals surface area contributed by atoms with Crippen LogP contribution in [-0.2, 0) is 11.2 Å². The number of rotatable bonds is 0. The zero-order valence-electron chi connectivity index (χ0n) is 8.67. The number of halogens is 4. The number of nitrogens with zero attached hydrogens (tertiary/aromatic N) is 1. The molecule has 0 aromatic heterocycles. The first-order valence-electron chi connectivity index (χ1n) is 5.01. The second-order valence-electron chi connectivity index (χ2n) is 3.78. The molecule has 2 nitrogen and oxygen atoms in total. The van der Waals surface area contributed by atoms with Gasteiger partial charge in [0.05, 0.1) is 0 Å². The lowest BCUT2D eigenvalue weighted by molar-refractivity contribution is -0.186. The summed E-state index contributed by atoms with van der Waals surface area (Å²) in [6, 6.07) is 7.16. The summed E-state index contributed by atoms with van der Waals surface area (Å²) in [5, 5.41) is 0. The zero-order chi connectivity index (χ0) is 12.6. The zero-order valence-corrected chi connectivity index (χ0v) is 10.3. The fraction of sp³-hybridized carbons (Fsp3) is 0.364. The van der Waals surface area contributed by atoms with Crippen LogP contribution < -0.4 is 0 Å². The fourth-order valence-corrected chi connectivity index (χ4v) is 2.72. The molecule has 2 rings (SSSR count). The predicted molar refractivity (Wildman–Crippen MR) is 59.6 cm³/mol. The van der Waals surface area contributed by atoms with Gasteiger partial charge in [-0.25, -0.2) is 0 Å². The number of amides is 1. The Morgan fingerprint density at radius 1 is 1.35 bits per heavy atom. The van der Waals surface area contributed by atoms with Crippen molar-refractivity contribution in [1.82, 2.24) is 4.90 Å². The fourth-order valence-electron chi connectivity index (χ4n) is 1.88. The van der Waals surface area contributed by atoms with Crippen LogP contribution in [0, 0.1) is 0 Å². The maximum atomic E-state index is 12.4. The quantitative estimate of drug-likeness (QED) is 0.533. The molecule has 0 spiro atoms. The van der Waals surface area contributed by atoms with Crippen molar-refractivity contribution < 1.29 is 18.0 Å². The molecule has 0 radical (unpaired) electrons. The minimum atomic E-state index is -4.82. The first kappa shape index (κ1) is 12.4. The van der Waals surface area contributed by atoms with Crippen molar-refractivity contribution in [3.05, 3.63) is 35.4 Å². The van der Waals surface area contributed by atoms with Crippen LogP contribution in [-0.4, -0.2) is 23.5 Å². The van der Waals surface area contributed by atoms with Gasteiger partial charge in [-0.05, 0) is 17.5 Å². The van der Waals surface area contributed by atoms with E-state index in [1.807, 2.05) is 12.1 Å². The molecule has 6 heteroatoms. The smallest absolute Gasteiger partial charge is 0.318 e. The van der Waals surface area contributed by atoms with E-state index in [0.717, 1.165) is 16.0 Å².